The highest BCUT2D eigenvalue weighted by Crippen LogP contribution is 2.18. The summed E-state index contributed by atoms with van der Waals surface area (Å²) in [5.74, 6) is -0.490. The highest BCUT2D eigenvalue weighted by Gasteiger charge is 2.16. The summed E-state index contributed by atoms with van der Waals surface area (Å²) in [5.41, 5.74) is 0.607. The summed E-state index contributed by atoms with van der Waals surface area (Å²) in [4.78, 5) is 21.9. The number of nitro groups is 1. The summed E-state index contributed by atoms with van der Waals surface area (Å²) < 4.78 is 6.21. The van der Waals surface area contributed by atoms with E-state index < -0.39 is 10.9 Å². The van der Waals surface area contributed by atoms with Gasteiger partial charge in [0.25, 0.3) is 0 Å². The predicted octanol–water partition coefficient (Wildman–Crippen LogP) is 1.96. The molecule has 0 saturated carbocycles. The zero-order chi connectivity index (χ0) is 13.8. The van der Waals surface area contributed by atoms with Gasteiger partial charge in [-0.05, 0) is 19.1 Å². The van der Waals surface area contributed by atoms with Gasteiger partial charge in [0.15, 0.2) is 0 Å². The van der Waals surface area contributed by atoms with E-state index in [4.69, 9.17) is 4.74 Å². The van der Waals surface area contributed by atoms with Crippen LogP contribution in [0.15, 0.2) is 36.7 Å². The molecule has 2 aromatic rings. The molecule has 0 bridgehead atoms. The van der Waals surface area contributed by atoms with Gasteiger partial charge in [0, 0.05) is 0 Å². The quantitative estimate of drug-likeness (QED) is 0.477. The molecular formula is C12H11N3O4. The molecule has 1 aromatic carbocycles. The Morgan fingerprint density at radius 1 is 1.47 bits per heavy atom. The molecule has 0 atom stereocenters. The summed E-state index contributed by atoms with van der Waals surface area (Å²) in [5, 5.41) is 14.5. The van der Waals surface area contributed by atoms with E-state index in [9.17, 15) is 14.9 Å². The lowest BCUT2D eigenvalue weighted by Crippen LogP contribution is -2.09. The van der Waals surface area contributed by atoms with Crippen molar-refractivity contribution < 1.29 is 14.5 Å². The third-order valence-corrected chi connectivity index (χ3v) is 2.43. The SMILES string of the molecule is CCOC(=O)c1ccccc1-n1cc([N+](=O)[O-])cn1. The lowest BCUT2D eigenvalue weighted by atomic mass is 10.2. The van der Waals surface area contributed by atoms with Crippen molar-refractivity contribution in [3.05, 3.63) is 52.3 Å². The highest BCUT2D eigenvalue weighted by atomic mass is 16.6. The maximum atomic E-state index is 11.8. The number of nitrogens with zero attached hydrogens (tertiary/aromatic N) is 3. The molecule has 0 fully saturated rings. The normalized spacial score (nSPS) is 10.2. The number of hydrogen-bond donors (Lipinski definition) is 0. The third-order valence-electron chi connectivity index (χ3n) is 2.43. The Morgan fingerprint density at radius 2 is 2.21 bits per heavy atom. The molecule has 0 aliphatic rings. The topological polar surface area (TPSA) is 87.3 Å². The molecule has 0 unspecified atom stereocenters. The van der Waals surface area contributed by atoms with Gasteiger partial charge >= 0.3 is 11.7 Å². The fourth-order valence-corrected chi connectivity index (χ4v) is 1.59. The Balaban J connectivity index is 2.43. The molecule has 0 aliphatic carbocycles. The molecule has 19 heavy (non-hydrogen) atoms. The van der Waals surface area contributed by atoms with Crippen LogP contribution in [-0.2, 0) is 4.74 Å². The Labute approximate surface area is 108 Å². The van der Waals surface area contributed by atoms with Crippen LogP contribution in [0.5, 0.6) is 0 Å². The van der Waals surface area contributed by atoms with Gasteiger partial charge in [-0.3, -0.25) is 10.1 Å². The summed E-state index contributed by atoms with van der Waals surface area (Å²) in [7, 11) is 0. The van der Waals surface area contributed by atoms with Crippen LogP contribution in [0.2, 0.25) is 0 Å². The number of rotatable bonds is 4. The van der Waals surface area contributed by atoms with E-state index in [1.165, 1.54) is 10.9 Å². The van der Waals surface area contributed by atoms with Gasteiger partial charge in [0.05, 0.1) is 22.8 Å². The van der Waals surface area contributed by atoms with Crippen LogP contribution >= 0.6 is 0 Å². The van der Waals surface area contributed by atoms with Crippen molar-refractivity contribution in [1.82, 2.24) is 9.78 Å². The number of para-hydroxylation sites is 1. The van der Waals surface area contributed by atoms with Crippen LogP contribution in [0.25, 0.3) is 5.69 Å². The minimum atomic E-state index is -0.545. The first-order chi connectivity index (χ1) is 9.13. The average Bonchev–Trinajstić information content (AvgIpc) is 2.88. The van der Waals surface area contributed by atoms with Gasteiger partial charge in [-0.15, -0.1) is 0 Å². The van der Waals surface area contributed by atoms with E-state index in [1.54, 1.807) is 31.2 Å². The standard InChI is InChI=1S/C12H11N3O4/c1-2-19-12(16)10-5-3-4-6-11(10)14-8-9(7-13-14)15(17)18/h3-8H,2H2,1H3. The summed E-state index contributed by atoms with van der Waals surface area (Å²) in [6.07, 6.45) is 2.37. The van der Waals surface area contributed by atoms with Crippen LogP contribution in [0.4, 0.5) is 5.69 Å². The maximum absolute atomic E-state index is 11.8. The molecule has 2 rings (SSSR count). The van der Waals surface area contributed by atoms with Gasteiger partial charge in [-0.2, -0.15) is 5.10 Å². The number of benzene rings is 1. The first-order valence-corrected chi connectivity index (χ1v) is 5.59. The number of aromatic nitrogens is 2. The highest BCUT2D eigenvalue weighted by molar-refractivity contribution is 5.93. The molecule has 0 amide bonds. The van der Waals surface area contributed by atoms with Crippen LogP contribution in [-0.4, -0.2) is 27.3 Å². The maximum Gasteiger partial charge on any atom is 0.340 e. The van der Waals surface area contributed by atoms with E-state index in [-0.39, 0.29) is 12.3 Å². The van der Waals surface area contributed by atoms with Crippen molar-refractivity contribution in [2.75, 3.05) is 6.61 Å². The molecule has 0 radical (unpaired) electrons. The third kappa shape index (κ3) is 2.59. The first kappa shape index (κ1) is 12.7. The number of ether oxygens (including phenoxy) is 1. The Hall–Kier alpha value is -2.70. The molecule has 0 saturated heterocycles. The smallest absolute Gasteiger partial charge is 0.340 e. The fourth-order valence-electron chi connectivity index (χ4n) is 1.59. The zero-order valence-corrected chi connectivity index (χ0v) is 10.1. The molecule has 7 nitrogen and oxygen atoms in total. The summed E-state index contributed by atoms with van der Waals surface area (Å²) in [6, 6.07) is 6.63. The van der Waals surface area contributed by atoms with Gasteiger partial charge in [-0.25, -0.2) is 9.48 Å². The molecule has 0 spiro atoms. The average molecular weight is 261 g/mol. The molecule has 7 heteroatoms. The van der Waals surface area contributed by atoms with Crippen molar-refractivity contribution in [2.45, 2.75) is 6.92 Å². The van der Waals surface area contributed by atoms with E-state index in [2.05, 4.69) is 5.10 Å². The van der Waals surface area contributed by atoms with Crippen LogP contribution in [0, 0.1) is 10.1 Å². The van der Waals surface area contributed by atoms with Crippen molar-refractivity contribution in [3.8, 4) is 5.69 Å². The minimum Gasteiger partial charge on any atom is -0.462 e. The number of carbonyl (C=O) groups excluding carboxylic acids is 1. The minimum absolute atomic E-state index is 0.140. The van der Waals surface area contributed by atoms with Gasteiger partial charge in [-0.1, -0.05) is 12.1 Å². The van der Waals surface area contributed by atoms with Crippen LogP contribution in [0.1, 0.15) is 17.3 Å². The first-order valence-electron chi connectivity index (χ1n) is 5.59. The van der Waals surface area contributed by atoms with E-state index in [1.807, 2.05) is 0 Å². The molecule has 0 N–H and O–H groups in total. The lowest BCUT2D eigenvalue weighted by Gasteiger charge is -2.07. The molecule has 98 valence electrons. The monoisotopic (exact) mass is 261 g/mol. The number of hydrogen-bond acceptors (Lipinski definition) is 5. The Morgan fingerprint density at radius 3 is 2.84 bits per heavy atom. The van der Waals surface area contributed by atoms with E-state index in [0.717, 1.165) is 6.20 Å². The van der Waals surface area contributed by atoms with Crippen molar-refractivity contribution in [2.24, 2.45) is 0 Å². The van der Waals surface area contributed by atoms with Crippen molar-refractivity contribution in [1.29, 1.82) is 0 Å². The van der Waals surface area contributed by atoms with Crippen LogP contribution in [0.3, 0.4) is 0 Å². The van der Waals surface area contributed by atoms with Gasteiger partial charge in [0.2, 0.25) is 0 Å². The summed E-state index contributed by atoms with van der Waals surface area (Å²) >= 11 is 0. The zero-order valence-electron chi connectivity index (χ0n) is 10.1. The molecule has 1 aromatic heterocycles. The van der Waals surface area contributed by atoms with E-state index >= 15 is 0 Å². The second kappa shape index (κ2) is 5.30. The van der Waals surface area contributed by atoms with Crippen molar-refractivity contribution >= 4 is 11.7 Å². The molecule has 1 heterocycles. The summed E-state index contributed by atoms with van der Waals surface area (Å²) in [6.45, 7) is 1.96. The fraction of sp³-hybridized carbons (Fsp3) is 0.167. The largest absolute Gasteiger partial charge is 0.462 e. The van der Waals surface area contributed by atoms with Crippen molar-refractivity contribution in [3.63, 3.8) is 0 Å². The number of carbonyl (C=O) groups is 1. The predicted molar refractivity (Wildman–Crippen MR) is 66.2 cm³/mol. The van der Waals surface area contributed by atoms with Gasteiger partial charge < -0.3 is 4.74 Å². The second-order valence-corrected chi connectivity index (χ2v) is 3.64. The van der Waals surface area contributed by atoms with Gasteiger partial charge in [0.1, 0.15) is 12.4 Å². The Bertz CT molecular complexity index is 621. The Kier molecular flexibility index (Phi) is 3.56. The second-order valence-electron chi connectivity index (χ2n) is 3.64. The van der Waals surface area contributed by atoms with Crippen LogP contribution < -0.4 is 0 Å². The molecule has 0 aliphatic heterocycles. The number of esters is 1. The molecular weight excluding hydrogens is 250 g/mol. The van der Waals surface area contributed by atoms with E-state index in [0.29, 0.717) is 11.3 Å². The lowest BCUT2D eigenvalue weighted by molar-refractivity contribution is -0.384.